The Morgan fingerprint density at radius 2 is 1.69 bits per heavy atom. The monoisotopic (exact) mass is 376 g/mol. The van der Waals surface area contributed by atoms with Gasteiger partial charge in [0, 0.05) is 19.0 Å². The smallest absolute Gasteiger partial charge is 0.232 e. The Balaban J connectivity index is 2.27. The second-order valence-electron chi connectivity index (χ2n) is 6.19. The molecule has 0 fully saturated rings. The fourth-order valence-corrected chi connectivity index (χ4v) is 3.36. The van der Waals surface area contributed by atoms with Gasteiger partial charge in [-0.25, -0.2) is 8.42 Å². The third-order valence-corrected chi connectivity index (χ3v) is 4.68. The van der Waals surface area contributed by atoms with E-state index in [-0.39, 0.29) is 24.9 Å². The number of nitrogens with zero attached hydrogens (tertiary/aromatic N) is 1. The minimum Gasteiger partial charge on any atom is -0.455 e. The van der Waals surface area contributed by atoms with E-state index in [1.54, 1.807) is 36.4 Å². The highest BCUT2D eigenvalue weighted by Gasteiger charge is 2.22. The Bertz CT molecular complexity index is 836. The fraction of sp³-hybridized carbons (Fsp3) is 0.316. The molecular formula is C19H24N2O4S. The van der Waals surface area contributed by atoms with Crippen molar-refractivity contribution >= 4 is 21.6 Å². The van der Waals surface area contributed by atoms with Crippen molar-refractivity contribution in [3.05, 3.63) is 54.6 Å². The van der Waals surface area contributed by atoms with Gasteiger partial charge in [0.15, 0.2) is 5.75 Å². The van der Waals surface area contributed by atoms with Crippen molar-refractivity contribution < 1.29 is 17.9 Å². The van der Waals surface area contributed by atoms with Crippen molar-refractivity contribution in [3.8, 4) is 11.5 Å². The van der Waals surface area contributed by atoms with Gasteiger partial charge in [0.25, 0.3) is 0 Å². The number of hydrogen-bond donors (Lipinski definition) is 1. The van der Waals surface area contributed by atoms with E-state index in [4.69, 9.17) is 4.74 Å². The van der Waals surface area contributed by atoms with E-state index in [1.807, 2.05) is 32.0 Å². The maximum Gasteiger partial charge on any atom is 0.232 e. The van der Waals surface area contributed by atoms with Crippen molar-refractivity contribution in [2.24, 2.45) is 0 Å². The quantitative estimate of drug-likeness (QED) is 0.768. The molecule has 0 aliphatic rings. The van der Waals surface area contributed by atoms with Gasteiger partial charge in [-0.3, -0.25) is 9.10 Å². The van der Waals surface area contributed by atoms with Crippen LogP contribution in [0, 0.1) is 0 Å². The van der Waals surface area contributed by atoms with E-state index >= 15 is 0 Å². The standard InChI is InChI=1S/C19H24N2O4S/c1-15(2)20-19(22)13-14-21(26(3,23)24)17-11-7-8-12-18(17)25-16-9-5-4-6-10-16/h4-12,15H,13-14H2,1-3H3,(H,20,22). The molecule has 1 amide bonds. The van der Waals surface area contributed by atoms with Gasteiger partial charge in [-0.2, -0.15) is 0 Å². The highest BCUT2D eigenvalue weighted by molar-refractivity contribution is 7.92. The fourth-order valence-electron chi connectivity index (χ4n) is 2.43. The molecule has 2 aromatic rings. The van der Waals surface area contributed by atoms with Gasteiger partial charge in [0.2, 0.25) is 15.9 Å². The van der Waals surface area contributed by atoms with Gasteiger partial charge in [-0.15, -0.1) is 0 Å². The summed E-state index contributed by atoms with van der Waals surface area (Å²) >= 11 is 0. The summed E-state index contributed by atoms with van der Waals surface area (Å²) in [6, 6.07) is 16.0. The van der Waals surface area contributed by atoms with Crippen LogP contribution in [-0.2, 0) is 14.8 Å². The minimum atomic E-state index is -3.58. The maximum atomic E-state index is 12.3. The average molecular weight is 376 g/mol. The van der Waals surface area contributed by atoms with Crippen molar-refractivity contribution in [1.82, 2.24) is 5.32 Å². The molecule has 1 N–H and O–H groups in total. The Kier molecular flexibility index (Phi) is 6.63. The van der Waals surface area contributed by atoms with Gasteiger partial charge in [-0.1, -0.05) is 30.3 Å². The highest BCUT2D eigenvalue weighted by atomic mass is 32.2. The molecule has 0 unspecified atom stereocenters. The van der Waals surface area contributed by atoms with Crippen LogP contribution in [0.2, 0.25) is 0 Å². The van der Waals surface area contributed by atoms with E-state index in [2.05, 4.69) is 5.32 Å². The molecule has 140 valence electrons. The molecule has 0 heterocycles. The first kappa shape index (κ1) is 19.8. The molecular weight excluding hydrogens is 352 g/mol. The largest absolute Gasteiger partial charge is 0.455 e. The Hall–Kier alpha value is -2.54. The Morgan fingerprint density at radius 1 is 1.08 bits per heavy atom. The molecule has 0 aliphatic carbocycles. The highest BCUT2D eigenvalue weighted by Crippen LogP contribution is 2.33. The van der Waals surface area contributed by atoms with E-state index in [0.29, 0.717) is 17.2 Å². The third kappa shape index (κ3) is 5.77. The molecule has 0 aliphatic heterocycles. The zero-order valence-corrected chi connectivity index (χ0v) is 16.0. The summed E-state index contributed by atoms with van der Waals surface area (Å²) in [6.07, 6.45) is 1.18. The second-order valence-corrected chi connectivity index (χ2v) is 8.10. The predicted molar refractivity (Wildman–Crippen MR) is 103 cm³/mol. The van der Waals surface area contributed by atoms with E-state index in [0.717, 1.165) is 6.26 Å². The maximum absolute atomic E-state index is 12.3. The number of sulfonamides is 1. The predicted octanol–water partition coefficient (Wildman–Crippen LogP) is 3.16. The zero-order valence-electron chi connectivity index (χ0n) is 15.2. The first-order valence-electron chi connectivity index (χ1n) is 8.36. The summed E-state index contributed by atoms with van der Waals surface area (Å²) in [7, 11) is -3.58. The number of carbonyl (C=O) groups excluding carboxylic acids is 1. The molecule has 2 rings (SSSR count). The summed E-state index contributed by atoms with van der Waals surface area (Å²) in [5.41, 5.74) is 0.399. The molecule has 0 saturated heterocycles. The number of para-hydroxylation sites is 3. The molecule has 7 heteroatoms. The molecule has 0 aromatic heterocycles. The summed E-state index contributed by atoms with van der Waals surface area (Å²) in [5.74, 6) is 0.814. The molecule has 6 nitrogen and oxygen atoms in total. The van der Waals surface area contributed by atoms with Crippen LogP contribution in [0.3, 0.4) is 0 Å². The van der Waals surface area contributed by atoms with Crippen LogP contribution < -0.4 is 14.4 Å². The van der Waals surface area contributed by atoms with Crippen molar-refractivity contribution in [2.45, 2.75) is 26.3 Å². The van der Waals surface area contributed by atoms with E-state index < -0.39 is 10.0 Å². The zero-order chi connectivity index (χ0) is 19.2. The normalized spacial score (nSPS) is 11.2. The summed E-state index contributed by atoms with van der Waals surface area (Å²) < 4.78 is 31.7. The second kappa shape index (κ2) is 8.71. The Morgan fingerprint density at radius 3 is 2.31 bits per heavy atom. The van der Waals surface area contributed by atoms with Gasteiger partial charge in [0.05, 0.1) is 11.9 Å². The lowest BCUT2D eigenvalue weighted by Gasteiger charge is -2.24. The number of carbonyl (C=O) groups is 1. The van der Waals surface area contributed by atoms with Crippen molar-refractivity contribution in [1.29, 1.82) is 0 Å². The summed E-state index contributed by atoms with van der Waals surface area (Å²) in [4.78, 5) is 11.9. The number of nitrogens with one attached hydrogen (secondary N) is 1. The number of amides is 1. The lowest BCUT2D eigenvalue weighted by Crippen LogP contribution is -2.36. The number of rotatable bonds is 8. The van der Waals surface area contributed by atoms with Crippen LogP contribution in [-0.4, -0.2) is 33.2 Å². The van der Waals surface area contributed by atoms with Gasteiger partial charge < -0.3 is 10.1 Å². The lowest BCUT2D eigenvalue weighted by atomic mass is 10.2. The SMILES string of the molecule is CC(C)NC(=O)CCN(c1ccccc1Oc1ccccc1)S(C)(=O)=O. The number of hydrogen-bond acceptors (Lipinski definition) is 4. The topological polar surface area (TPSA) is 75.7 Å². The van der Waals surface area contributed by atoms with E-state index in [1.165, 1.54) is 4.31 Å². The van der Waals surface area contributed by atoms with Crippen LogP contribution >= 0.6 is 0 Å². The van der Waals surface area contributed by atoms with Crippen LogP contribution in [0.25, 0.3) is 0 Å². The minimum absolute atomic E-state index is 0.00267. The molecule has 0 atom stereocenters. The Labute approximate surface area is 154 Å². The number of ether oxygens (including phenoxy) is 1. The number of anilines is 1. The van der Waals surface area contributed by atoms with Crippen LogP contribution in [0.4, 0.5) is 5.69 Å². The molecule has 0 bridgehead atoms. The van der Waals surface area contributed by atoms with Gasteiger partial charge in [0.1, 0.15) is 5.75 Å². The molecule has 0 spiro atoms. The van der Waals surface area contributed by atoms with Gasteiger partial charge in [-0.05, 0) is 38.1 Å². The molecule has 2 aromatic carbocycles. The van der Waals surface area contributed by atoms with Crippen LogP contribution in [0.15, 0.2) is 54.6 Å². The lowest BCUT2D eigenvalue weighted by molar-refractivity contribution is -0.121. The van der Waals surface area contributed by atoms with E-state index in [9.17, 15) is 13.2 Å². The first-order valence-corrected chi connectivity index (χ1v) is 10.2. The van der Waals surface area contributed by atoms with Crippen molar-refractivity contribution in [2.75, 3.05) is 17.1 Å². The molecule has 0 saturated carbocycles. The van der Waals surface area contributed by atoms with Crippen molar-refractivity contribution in [3.63, 3.8) is 0 Å². The first-order chi connectivity index (χ1) is 12.3. The molecule has 0 radical (unpaired) electrons. The summed E-state index contributed by atoms with van der Waals surface area (Å²) in [5, 5.41) is 2.76. The van der Waals surface area contributed by atoms with Crippen LogP contribution in [0.5, 0.6) is 11.5 Å². The number of benzene rings is 2. The van der Waals surface area contributed by atoms with Gasteiger partial charge >= 0.3 is 0 Å². The average Bonchev–Trinajstić information content (AvgIpc) is 2.55. The van der Waals surface area contributed by atoms with Crippen LogP contribution in [0.1, 0.15) is 20.3 Å². The summed E-state index contributed by atoms with van der Waals surface area (Å²) in [6.45, 7) is 3.75. The third-order valence-electron chi connectivity index (χ3n) is 3.50. The molecule has 26 heavy (non-hydrogen) atoms.